The number of hydrogen-bond acceptors (Lipinski definition) is 3. The van der Waals surface area contributed by atoms with Crippen LogP contribution < -0.4 is 5.43 Å². The van der Waals surface area contributed by atoms with Gasteiger partial charge in [-0.25, -0.2) is 5.43 Å². The molecule has 4 nitrogen and oxygen atoms in total. The molecule has 0 heterocycles. The van der Waals surface area contributed by atoms with Gasteiger partial charge < -0.3 is 5.11 Å². The summed E-state index contributed by atoms with van der Waals surface area (Å²) in [7, 11) is 0. The number of hydrazone groups is 1. The number of amides is 1. The highest BCUT2D eigenvalue weighted by molar-refractivity contribution is 5.94. The maximum Gasteiger partial charge on any atom is 0.273 e. The van der Waals surface area contributed by atoms with Crippen molar-refractivity contribution in [3.05, 3.63) is 90.0 Å². The number of allylic oxidation sites excluding steroid dienone is 3. The van der Waals surface area contributed by atoms with Gasteiger partial charge in [0, 0.05) is 0 Å². The zero-order valence-electron chi connectivity index (χ0n) is 13.5. The largest absolute Gasteiger partial charge is 0.378 e. The monoisotopic (exact) mass is 320 g/mol. The summed E-state index contributed by atoms with van der Waals surface area (Å²) in [5.41, 5.74) is 4.63. The van der Waals surface area contributed by atoms with Crippen LogP contribution >= 0.6 is 0 Å². The van der Waals surface area contributed by atoms with Crippen molar-refractivity contribution in [1.82, 2.24) is 5.43 Å². The first kappa shape index (κ1) is 17.4. The summed E-state index contributed by atoms with van der Waals surface area (Å²) in [5, 5.41) is 13.9. The van der Waals surface area contributed by atoms with Crippen LogP contribution in [0.1, 0.15) is 24.2 Å². The van der Waals surface area contributed by atoms with Crippen molar-refractivity contribution in [1.29, 1.82) is 0 Å². The second-order valence-corrected chi connectivity index (χ2v) is 5.17. The summed E-state index contributed by atoms with van der Waals surface area (Å²) < 4.78 is 0. The summed E-state index contributed by atoms with van der Waals surface area (Å²) in [6.45, 7) is 1.77. The lowest BCUT2D eigenvalue weighted by molar-refractivity contribution is -0.129. The predicted octanol–water partition coefficient (Wildman–Crippen LogP) is 3.48. The van der Waals surface area contributed by atoms with E-state index in [0.717, 1.165) is 5.56 Å². The number of nitrogens with one attached hydrogen (secondary N) is 1. The first-order chi connectivity index (χ1) is 11.7. The van der Waals surface area contributed by atoms with Crippen LogP contribution in [0.3, 0.4) is 0 Å². The van der Waals surface area contributed by atoms with Crippen molar-refractivity contribution >= 4 is 17.7 Å². The molecule has 1 amide bonds. The summed E-state index contributed by atoms with van der Waals surface area (Å²) in [6, 6.07) is 18.7. The molecule has 0 fully saturated rings. The summed E-state index contributed by atoms with van der Waals surface area (Å²) >= 11 is 0. The van der Waals surface area contributed by atoms with E-state index in [1.165, 1.54) is 0 Å². The Morgan fingerprint density at radius 1 is 1.04 bits per heavy atom. The van der Waals surface area contributed by atoms with E-state index >= 15 is 0 Å². The van der Waals surface area contributed by atoms with Crippen LogP contribution in [-0.2, 0) is 4.79 Å². The molecule has 4 heteroatoms. The molecule has 0 aliphatic carbocycles. The molecule has 0 aliphatic heterocycles. The predicted molar refractivity (Wildman–Crippen MR) is 97.3 cm³/mol. The van der Waals surface area contributed by atoms with Gasteiger partial charge in [0.1, 0.15) is 0 Å². The standard InChI is InChI=1S/C20H20N2O2/c1-16(10-8-9-13-17-11-4-2-5-12-17)21-22-20(24)19(23)18-14-6-3-7-15-18/h2-15,19,23H,1H3,(H,22,24)/b10-8+,13-9+,21-16?/t19-/m1/s1. The zero-order chi connectivity index (χ0) is 17.2. The van der Waals surface area contributed by atoms with E-state index in [1.54, 1.807) is 37.3 Å². The molecule has 2 N–H and O–H groups in total. The Balaban J connectivity index is 1.86. The number of rotatable bonds is 6. The lowest BCUT2D eigenvalue weighted by Crippen LogP contribution is -2.25. The first-order valence-corrected chi connectivity index (χ1v) is 7.64. The third-order valence-corrected chi connectivity index (χ3v) is 3.24. The third-order valence-electron chi connectivity index (χ3n) is 3.24. The van der Waals surface area contributed by atoms with Crippen molar-refractivity contribution in [3.8, 4) is 0 Å². The second-order valence-electron chi connectivity index (χ2n) is 5.17. The molecule has 0 unspecified atom stereocenters. The Labute approximate surface area is 141 Å². The van der Waals surface area contributed by atoms with Gasteiger partial charge in [-0.2, -0.15) is 5.10 Å². The van der Waals surface area contributed by atoms with E-state index < -0.39 is 12.0 Å². The van der Waals surface area contributed by atoms with E-state index in [9.17, 15) is 9.90 Å². The molecular weight excluding hydrogens is 300 g/mol. The maximum absolute atomic E-state index is 11.9. The number of carbonyl (C=O) groups excluding carboxylic acids is 1. The Hall–Kier alpha value is -2.98. The van der Waals surface area contributed by atoms with Gasteiger partial charge >= 0.3 is 0 Å². The molecule has 0 saturated heterocycles. The molecule has 0 aliphatic rings. The Bertz CT molecular complexity index is 735. The Morgan fingerprint density at radius 2 is 1.67 bits per heavy atom. The zero-order valence-corrected chi connectivity index (χ0v) is 13.5. The van der Waals surface area contributed by atoms with Crippen LogP contribution in [0.2, 0.25) is 0 Å². The van der Waals surface area contributed by atoms with Gasteiger partial charge in [0.2, 0.25) is 0 Å². The van der Waals surface area contributed by atoms with Crippen LogP contribution in [0.15, 0.2) is 84.0 Å². The minimum atomic E-state index is -1.23. The molecule has 0 spiro atoms. The number of hydrogen-bond donors (Lipinski definition) is 2. The second kappa shape index (κ2) is 9.22. The molecule has 0 aromatic heterocycles. The SMILES string of the molecule is CC(/C=C/C=C/c1ccccc1)=NNC(=O)[C@H](O)c1ccccc1. The number of carbonyl (C=O) groups is 1. The number of nitrogens with zero attached hydrogens (tertiary/aromatic N) is 1. The fraction of sp³-hybridized carbons (Fsp3) is 0.100. The highest BCUT2D eigenvalue weighted by Crippen LogP contribution is 2.11. The lowest BCUT2D eigenvalue weighted by Gasteiger charge is -2.08. The average molecular weight is 320 g/mol. The summed E-state index contributed by atoms with van der Waals surface area (Å²) in [4.78, 5) is 11.9. The number of aliphatic hydroxyl groups is 1. The number of benzene rings is 2. The van der Waals surface area contributed by atoms with Crippen LogP contribution in [0.25, 0.3) is 6.08 Å². The van der Waals surface area contributed by atoms with Crippen molar-refractivity contribution in [2.75, 3.05) is 0 Å². The molecule has 2 rings (SSSR count). The van der Waals surface area contributed by atoms with Crippen molar-refractivity contribution in [3.63, 3.8) is 0 Å². The van der Waals surface area contributed by atoms with Crippen LogP contribution in [0.5, 0.6) is 0 Å². The number of aliphatic hydroxyl groups excluding tert-OH is 1. The quantitative estimate of drug-likeness (QED) is 0.486. The van der Waals surface area contributed by atoms with E-state index in [4.69, 9.17) is 0 Å². The molecule has 2 aromatic rings. The van der Waals surface area contributed by atoms with Gasteiger partial charge in [-0.3, -0.25) is 4.79 Å². The summed E-state index contributed by atoms with van der Waals surface area (Å²) in [6.07, 6.45) is 6.25. The highest BCUT2D eigenvalue weighted by Gasteiger charge is 2.15. The van der Waals surface area contributed by atoms with Gasteiger partial charge in [0.15, 0.2) is 6.10 Å². The van der Waals surface area contributed by atoms with E-state index in [-0.39, 0.29) is 0 Å². The summed E-state index contributed by atoms with van der Waals surface area (Å²) in [5.74, 6) is -0.561. The smallest absolute Gasteiger partial charge is 0.273 e. The lowest BCUT2D eigenvalue weighted by atomic mass is 10.1. The van der Waals surface area contributed by atoms with E-state index in [2.05, 4.69) is 10.5 Å². The van der Waals surface area contributed by atoms with Gasteiger partial charge in [-0.05, 0) is 24.1 Å². The molecule has 0 saturated carbocycles. The Kier molecular flexibility index (Phi) is 6.68. The van der Waals surface area contributed by atoms with Gasteiger partial charge in [-0.15, -0.1) is 0 Å². The average Bonchev–Trinajstić information content (AvgIpc) is 2.64. The maximum atomic E-state index is 11.9. The molecular formula is C20H20N2O2. The molecule has 2 aromatic carbocycles. The van der Waals surface area contributed by atoms with Crippen molar-refractivity contribution in [2.45, 2.75) is 13.0 Å². The van der Waals surface area contributed by atoms with Gasteiger partial charge in [0.05, 0.1) is 5.71 Å². The van der Waals surface area contributed by atoms with Gasteiger partial charge in [0.25, 0.3) is 5.91 Å². The molecule has 0 radical (unpaired) electrons. The minimum absolute atomic E-state index is 0.532. The fourth-order valence-electron chi connectivity index (χ4n) is 1.95. The van der Waals surface area contributed by atoms with Crippen molar-refractivity contribution in [2.24, 2.45) is 5.10 Å². The Morgan fingerprint density at radius 3 is 2.33 bits per heavy atom. The first-order valence-electron chi connectivity index (χ1n) is 7.64. The normalized spacial score (nSPS) is 13.3. The topological polar surface area (TPSA) is 61.7 Å². The third kappa shape index (κ3) is 5.66. The fourth-order valence-corrected chi connectivity index (χ4v) is 1.95. The van der Waals surface area contributed by atoms with E-state index in [0.29, 0.717) is 11.3 Å². The van der Waals surface area contributed by atoms with Gasteiger partial charge in [-0.1, -0.05) is 78.9 Å². The molecule has 24 heavy (non-hydrogen) atoms. The highest BCUT2D eigenvalue weighted by atomic mass is 16.3. The van der Waals surface area contributed by atoms with E-state index in [1.807, 2.05) is 54.6 Å². The molecule has 122 valence electrons. The van der Waals surface area contributed by atoms with Crippen molar-refractivity contribution < 1.29 is 9.90 Å². The van der Waals surface area contributed by atoms with Crippen LogP contribution in [0.4, 0.5) is 0 Å². The van der Waals surface area contributed by atoms with Crippen LogP contribution in [0, 0.1) is 0 Å². The molecule has 1 atom stereocenters. The molecule has 0 bridgehead atoms. The van der Waals surface area contributed by atoms with Crippen LogP contribution in [-0.4, -0.2) is 16.7 Å². The minimum Gasteiger partial charge on any atom is -0.378 e.